The molecular weight excluding hydrogens is 274 g/mol. The summed E-state index contributed by atoms with van der Waals surface area (Å²) in [7, 11) is 0. The fraction of sp³-hybridized carbons (Fsp3) is 0.308. The summed E-state index contributed by atoms with van der Waals surface area (Å²) in [4.78, 5) is 15.9. The van der Waals surface area contributed by atoms with Crippen molar-refractivity contribution in [3.05, 3.63) is 35.4 Å². The third-order valence-electron chi connectivity index (χ3n) is 2.72. The van der Waals surface area contributed by atoms with Gasteiger partial charge in [0.15, 0.2) is 0 Å². The van der Waals surface area contributed by atoms with Gasteiger partial charge in [0.05, 0.1) is 5.25 Å². The van der Waals surface area contributed by atoms with E-state index in [0.29, 0.717) is 11.7 Å². The molecule has 1 aromatic heterocycles. The average Bonchev–Trinajstić information content (AvgIpc) is 2.83. The number of amides is 1. The molecule has 0 fully saturated rings. The number of thioether (sulfide) groups is 1. The maximum absolute atomic E-state index is 12.0. The van der Waals surface area contributed by atoms with Gasteiger partial charge in [-0.15, -0.1) is 5.10 Å². The van der Waals surface area contributed by atoms with Crippen molar-refractivity contribution in [2.24, 2.45) is 0 Å². The summed E-state index contributed by atoms with van der Waals surface area (Å²) < 4.78 is 0. The first-order chi connectivity index (χ1) is 9.54. The van der Waals surface area contributed by atoms with Gasteiger partial charge in [0.1, 0.15) is 0 Å². The molecular formula is C13H17N5OS. The zero-order valence-electron chi connectivity index (χ0n) is 11.4. The van der Waals surface area contributed by atoms with Crippen molar-refractivity contribution < 1.29 is 4.79 Å². The molecule has 106 valence electrons. The van der Waals surface area contributed by atoms with E-state index in [1.54, 1.807) is 0 Å². The van der Waals surface area contributed by atoms with Crippen LogP contribution in [-0.2, 0) is 11.3 Å². The first-order valence-corrected chi connectivity index (χ1v) is 7.10. The molecule has 6 nitrogen and oxygen atoms in total. The van der Waals surface area contributed by atoms with Crippen molar-refractivity contribution in [2.45, 2.75) is 30.8 Å². The van der Waals surface area contributed by atoms with Crippen LogP contribution in [0.4, 0.5) is 5.95 Å². The van der Waals surface area contributed by atoms with E-state index in [-0.39, 0.29) is 17.1 Å². The van der Waals surface area contributed by atoms with Crippen molar-refractivity contribution in [3.8, 4) is 0 Å². The quantitative estimate of drug-likeness (QED) is 0.725. The van der Waals surface area contributed by atoms with Crippen LogP contribution in [0, 0.1) is 6.92 Å². The van der Waals surface area contributed by atoms with Crippen molar-refractivity contribution in [2.75, 3.05) is 5.73 Å². The molecule has 2 rings (SSSR count). The van der Waals surface area contributed by atoms with Crippen LogP contribution >= 0.6 is 11.8 Å². The van der Waals surface area contributed by atoms with E-state index in [9.17, 15) is 4.79 Å². The molecule has 0 bridgehead atoms. The smallest absolute Gasteiger partial charge is 0.233 e. The number of aromatic nitrogens is 3. The number of nitrogens with zero attached hydrogens (tertiary/aromatic N) is 2. The molecule has 0 unspecified atom stereocenters. The summed E-state index contributed by atoms with van der Waals surface area (Å²) in [5.41, 5.74) is 7.71. The molecule has 1 heterocycles. The number of nitrogen functional groups attached to an aromatic ring is 1. The Kier molecular flexibility index (Phi) is 4.62. The van der Waals surface area contributed by atoms with E-state index in [1.165, 1.54) is 17.3 Å². The van der Waals surface area contributed by atoms with E-state index in [2.05, 4.69) is 20.5 Å². The molecule has 0 saturated heterocycles. The number of hydrogen-bond donors (Lipinski definition) is 3. The van der Waals surface area contributed by atoms with Crippen LogP contribution in [0.3, 0.4) is 0 Å². The first-order valence-electron chi connectivity index (χ1n) is 6.22. The Morgan fingerprint density at radius 3 is 2.75 bits per heavy atom. The van der Waals surface area contributed by atoms with Gasteiger partial charge < -0.3 is 11.1 Å². The average molecular weight is 291 g/mol. The minimum absolute atomic E-state index is 0.0565. The number of carbonyl (C=O) groups excluding carboxylic acids is 1. The molecule has 1 aromatic carbocycles. The number of H-pyrrole nitrogens is 1. The molecule has 20 heavy (non-hydrogen) atoms. The lowest BCUT2D eigenvalue weighted by molar-refractivity contribution is -0.120. The van der Waals surface area contributed by atoms with Crippen molar-refractivity contribution >= 4 is 23.6 Å². The van der Waals surface area contributed by atoms with Gasteiger partial charge in [0.2, 0.25) is 17.0 Å². The lowest BCUT2D eigenvalue weighted by Gasteiger charge is -2.10. The molecule has 0 aliphatic rings. The number of nitrogens with two attached hydrogens (primary N) is 1. The summed E-state index contributed by atoms with van der Waals surface area (Å²) in [5, 5.41) is 9.51. The zero-order chi connectivity index (χ0) is 14.5. The number of hydrogen-bond acceptors (Lipinski definition) is 5. The lowest BCUT2D eigenvalue weighted by Crippen LogP contribution is -2.30. The van der Waals surface area contributed by atoms with E-state index >= 15 is 0 Å². The van der Waals surface area contributed by atoms with Crippen molar-refractivity contribution in [3.63, 3.8) is 0 Å². The van der Waals surface area contributed by atoms with Gasteiger partial charge >= 0.3 is 0 Å². The number of aromatic amines is 1. The Morgan fingerprint density at radius 1 is 1.45 bits per heavy atom. The highest BCUT2D eigenvalue weighted by Gasteiger charge is 2.16. The number of aryl methyl sites for hydroxylation is 1. The maximum Gasteiger partial charge on any atom is 0.233 e. The van der Waals surface area contributed by atoms with Crippen LogP contribution in [0.15, 0.2) is 29.4 Å². The van der Waals surface area contributed by atoms with Gasteiger partial charge in [0.25, 0.3) is 0 Å². The molecule has 1 amide bonds. The molecule has 0 spiro atoms. The van der Waals surface area contributed by atoms with Crippen LogP contribution in [0.1, 0.15) is 18.1 Å². The SMILES string of the molecule is Cc1ccc(CNC(=O)[C@@H](C)Sc2n[nH]c(N)n2)cc1. The van der Waals surface area contributed by atoms with E-state index in [0.717, 1.165) is 5.56 Å². The summed E-state index contributed by atoms with van der Waals surface area (Å²) in [5.74, 6) is 0.193. The summed E-state index contributed by atoms with van der Waals surface area (Å²) in [6.45, 7) is 4.35. The predicted octanol–water partition coefficient (Wildman–Crippen LogP) is 1.49. The molecule has 2 aromatic rings. The Balaban J connectivity index is 1.83. The molecule has 7 heteroatoms. The molecule has 0 saturated carbocycles. The number of nitrogens with one attached hydrogen (secondary N) is 2. The highest BCUT2D eigenvalue weighted by molar-refractivity contribution is 8.00. The number of carbonyl (C=O) groups is 1. The van der Waals surface area contributed by atoms with Crippen LogP contribution < -0.4 is 11.1 Å². The Hall–Kier alpha value is -2.02. The van der Waals surface area contributed by atoms with Gasteiger partial charge in [-0.05, 0) is 19.4 Å². The summed E-state index contributed by atoms with van der Waals surface area (Å²) in [6.07, 6.45) is 0. The van der Waals surface area contributed by atoms with Crippen molar-refractivity contribution in [1.82, 2.24) is 20.5 Å². The Labute approximate surface area is 121 Å². The van der Waals surface area contributed by atoms with E-state index < -0.39 is 0 Å². The van der Waals surface area contributed by atoms with Crippen LogP contribution in [0.2, 0.25) is 0 Å². The van der Waals surface area contributed by atoms with Gasteiger partial charge in [-0.1, -0.05) is 41.6 Å². The topological polar surface area (TPSA) is 96.7 Å². The van der Waals surface area contributed by atoms with Crippen LogP contribution in [0.5, 0.6) is 0 Å². The zero-order valence-corrected chi connectivity index (χ0v) is 12.2. The summed E-state index contributed by atoms with van der Waals surface area (Å²) in [6, 6.07) is 8.05. The predicted molar refractivity (Wildman–Crippen MR) is 79.1 cm³/mol. The molecule has 0 aliphatic heterocycles. The lowest BCUT2D eigenvalue weighted by atomic mass is 10.1. The fourth-order valence-electron chi connectivity index (χ4n) is 1.56. The maximum atomic E-state index is 12.0. The standard InChI is InChI=1S/C13H17N5OS/c1-8-3-5-10(6-4-8)7-15-11(19)9(2)20-13-16-12(14)17-18-13/h3-6,9H,7H2,1-2H3,(H,15,19)(H3,14,16,17,18)/t9-/m1/s1. The van der Waals surface area contributed by atoms with Gasteiger partial charge in [-0.3, -0.25) is 4.79 Å². The minimum atomic E-state index is -0.282. The number of rotatable bonds is 5. The van der Waals surface area contributed by atoms with E-state index in [1.807, 2.05) is 38.1 Å². The van der Waals surface area contributed by atoms with Gasteiger partial charge in [-0.2, -0.15) is 4.98 Å². The first kappa shape index (κ1) is 14.4. The van der Waals surface area contributed by atoms with Crippen molar-refractivity contribution in [1.29, 1.82) is 0 Å². The molecule has 0 aliphatic carbocycles. The Bertz CT molecular complexity index is 581. The van der Waals surface area contributed by atoms with E-state index in [4.69, 9.17) is 5.73 Å². The highest BCUT2D eigenvalue weighted by Crippen LogP contribution is 2.19. The summed E-state index contributed by atoms with van der Waals surface area (Å²) >= 11 is 1.26. The number of anilines is 1. The second-order valence-electron chi connectivity index (χ2n) is 4.47. The monoisotopic (exact) mass is 291 g/mol. The second-order valence-corrected chi connectivity index (χ2v) is 5.77. The third-order valence-corrected chi connectivity index (χ3v) is 3.68. The molecule has 1 atom stereocenters. The molecule has 0 radical (unpaired) electrons. The number of benzene rings is 1. The normalized spacial score (nSPS) is 12.1. The highest BCUT2D eigenvalue weighted by atomic mass is 32.2. The Morgan fingerprint density at radius 2 is 2.15 bits per heavy atom. The minimum Gasteiger partial charge on any atom is -0.368 e. The molecule has 4 N–H and O–H groups in total. The van der Waals surface area contributed by atoms with Gasteiger partial charge in [0, 0.05) is 6.54 Å². The van der Waals surface area contributed by atoms with Crippen LogP contribution in [-0.4, -0.2) is 26.3 Å². The second kappa shape index (κ2) is 6.42. The third kappa shape index (κ3) is 3.99. The fourth-order valence-corrected chi connectivity index (χ4v) is 2.32. The van der Waals surface area contributed by atoms with Crippen LogP contribution in [0.25, 0.3) is 0 Å². The van der Waals surface area contributed by atoms with Gasteiger partial charge in [-0.25, -0.2) is 5.10 Å². The largest absolute Gasteiger partial charge is 0.368 e.